The Morgan fingerprint density at radius 2 is 2.14 bits per heavy atom. The molecule has 0 fully saturated rings. The van der Waals surface area contributed by atoms with Gasteiger partial charge in [0.1, 0.15) is 5.69 Å². The van der Waals surface area contributed by atoms with Crippen molar-refractivity contribution < 1.29 is 9.21 Å². The fraction of sp³-hybridized carbons (Fsp3) is 0.125. The van der Waals surface area contributed by atoms with Crippen LogP contribution >= 0.6 is 11.6 Å². The molecule has 0 aliphatic carbocycles. The molecule has 2 heterocycles. The highest BCUT2D eigenvalue weighted by Gasteiger charge is 2.16. The van der Waals surface area contributed by atoms with Gasteiger partial charge >= 0.3 is 0 Å². The van der Waals surface area contributed by atoms with Crippen molar-refractivity contribution in [1.29, 1.82) is 0 Å². The molecule has 1 aromatic carbocycles. The predicted octanol–water partition coefficient (Wildman–Crippen LogP) is 3.75. The zero-order valence-corrected chi connectivity index (χ0v) is 12.2. The minimum absolute atomic E-state index is 0.177. The van der Waals surface area contributed by atoms with E-state index in [4.69, 9.17) is 16.0 Å². The second kappa shape index (κ2) is 5.58. The Hall–Kier alpha value is -2.33. The van der Waals surface area contributed by atoms with Gasteiger partial charge in [-0.1, -0.05) is 29.8 Å². The van der Waals surface area contributed by atoms with Crippen molar-refractivity contribution in [3.05, 3.63) is 65.2 Å². The first-order valence-electron chi connectivity index (χ1n) is 6.47. The Balaban J connectivity index is 1.90. The lowest BCUT2D eigenvalue weighted by atomic mass is 10.2. The Morgan fingerprint density at radius 1 is 1.33 bits per heavy atom. The largest absolute Gasteiger partial charge is 0.472 e. The molecule has 0 bridgehead atoms. The van der Waals surface area contributed by atoms with E-state index < -0.39 is 0 Å². The standard InChI is InChI=1S/C16H13ClN2O2/c1-19(9-11-6-7-21-10-11)16(20)15-8-13(17)12-4-2-3-5-14(12)18-15/h2-8,10H,9H2,1H3. The van der Waals surface area contributed by atoms with Gasteiger partial charge in [0.2, 0.25) is 0 Å². The van der Waals surface area contributed by atoms with E-state index in [2.05, 4.69) is 4.98 Å². The maximum absolute atomic E-state index is 12.4. The number of rotatable bonds is 3. The first-order chi connectivity index (χ1) is 10.1. The number of amides is 1. The van der Waals surface area contributed by atoms with Gasteiger partial charge in [-0.05, 0) is 18.2 Å². The molecule has 0 N–H and O–H groups in total. The highest BCUT2D eigenvalue weighted by atomic mass is 35.5. The monoisotopic (exact) mass is 300 g/mol. The molecular weight excluding hydrogens is 288 g/mol. The lowest BCUT2D eigenvalue weighted by Gasteiger charge is -2.16. The van der Waals surface area contributed by atoms with Crippen LogP contribution in [0.2, 0.25) is 5.02 Å². The molecule has 0 saturated heterocycles. The molecule has 4 nitrogen and oxygen atoms in total. The van der Waals surface area contributed by atoms with E-state index in [9.17, 15) is 4.79 Å². The van der Waals surface area contributed by atoms with E-state index in [1.54, 1.807) is 30.5 Å². The van der Waals surface area contributed by atoms with Crippen molar-refractivity contribution in [2.45, 2.75) is 6.54 Å². The third-order valence-corrected chi connectivity index (χ3v) is 3.54. The number of halogens is 1. The fourth-order valence-electron chi connectivity index (χ4n) is 2.17. The summed E-state index contributed by atoms with van der Waals surface area (Å²) in [7, 11) is 1.72. The third-order valence-electron chi connectivity index (χ3n) is 3.23. The number of furan rings is 1. The summed E-state index contributed by atoms with van der Waals surface area (Å²) in [6.45, 7) is 0.460. The van der Waals surface area contributed by atoms with Crippen LogP contribution in [-0.4, -0.2) is 22.8 Å². The molecule has 0 spiro atoms. The number of aromatic nitrogens is 1. The van der Waals surface area contributed by atoms with Crippen molar-refractivity contribution in [2.75, 3.05) is 7.05 Å². The van der Waals surface area contributed by atoms with Crippen molar-refractivity contribution in [3.63, 3.8) is 0 Å². The van der Waals surface area contributed by atoms with Gasteiger partial charge in [0.05, 0.1) is 23.1 Å². The molecular formula is C16H13ClN2O2. The Labute approximate surface area is 127 Å². The Kier molecular flexibility index (Phi) is 3.62. The van der Waals surface area contributed by atoms with Gasteiger partial charge in [0.15, 0.2) is 0 Å². The first-order valence-corrected chi connectivity index (χ1v) is 6.85. The van der Waals surface area contributed by atoms with E-state index in [0.29, 0.717) is 22.8 Å². The van der Waals surface area contributed by atoms with Crippen LogP contribution in [0.1, 0.15) is 16.1 Å². The normalized spacial score (nSPS) is 10.8. The maximum atomic E-state index is 12.4. The number of fused-ring (bicyclic) bond motifs is 1. The molecule has 3 aromatic rings. The van der Waals surface area contributed by atoms with Gasteiger partial charge in [-0.15, -0.1) is 0 Å². The number of hydrogen-bond donors (Lipinski definition) is 0. The summed E-state index contributed by atoms with van der Waals surface area (Å²) in [6.07, 6.45) is 3.20. The fourth-order valence-corrected chi connectivity index (χ4v) is 2.43. The van der Waals surface area contributed by atoms with Gasteiger partial charge in [-0.3, -0.25) is 4.79 Å². The van der Waals surface area contributed by atoms with Gasteiger partial charge in [0.25, 0.3) is 5.91 Å². The number of benzene rings is 1. The number of carbonyl (C=O) groups is 1. The van der Waals surface area contributed by atoms with E-state index in [1.807, 2.05) is 30.3 Å². The molecule has 1 amide bonds. The van der Waals surface area contributed by atoms with E-state index >= 15 is 0 Å². The zero-order valence-electron chi connectivity index (χ0n) is 11.4. The minimum Gasteiger partial charge on any atom is -0.472 e. The van der Waals surface area contributed by atoms with Crippen LogP contribution in [0.15, 0.2) is 53.3 Å². The lowest BCUT2D eigenvalue weighted by Crippen LogP contribution is -2.26. The van der Waals surface area contributed by atoms with Crippen LogP contribution in [0, 0.1) is 0 Å². The van der Waals surface area contributed by atoms with E-state index in [0.717, 1.165) is 10.9 Å². The highest BCUT2D eigenvalue weighted by molar-refractivity contribution is 6.35. The zero-order chi connectivity index (χ0) is 14.8. The smallest absolute Gasteiger partial charge is 0.272 e. The maximum Gasteiger partial charge on any atom is 0.272 e. The molecule has 0 aliphatic rings. The number of pyridine rings is 1. The molecule has 0 aliphatic heterocycles. The predicted molar refractivity (Wildman–Crippen MR) is 81.3 cm³/mol. The van der Waals surface area contributed by atoms with Crippen molar-refractivity contribution in [2.24, 2.45) is 0 Å². The quantitative estimate of drug-likeness (QED) is 0.740. The highest BCUT2D eigenvalue weighted by Crippen LogP contribution is 2.23. The average Bonchev–Trinajstić information content (AvgIpc) is 2.99. The van der Waals surface area contributed by atoms with Crippen LogP contribution in [0.25, 0.3) is 10.9 Å². The van der Waals surface area contributed by atoms with Crippen LogP contribution < -0.4 is 0 Å². The molecule has 0 radical (unpaired) electrons. The number of hydrogen-bond acceptors (Lipinski definition) is 3. The van der Waals surface area contributed by atoms with Crippen molar-refractivity contribution in [1.82, 2.24) is 9.88 Å². The average molecular weight is 301 g/mol. The summed E-state index contributed by atoms with van der Waals surface area (Å²) in [5, 5.41) is 1.37. The molecule has 0 unspecified atom stereocenters. The molecule has 0 saturated carbocycles. The molecule has 5 heteroatoms. The summed E-state index contributed by atoms with van der Waals surface area (Å²) in [4.78, 5) is 18.4. The molecule has 106 valence electrons. The van der Waals surface area contributed by atoms with Crippen LogP contribution in [0.3, 0.4) is 0 Å². The lowest BCUT2D eigenvalue weighted by molar-refractivity contribution is 0.0779. The molecule has 21 heavy (non-hydrogen) atoms. The minimum atomic E-state index is -0.177. The van der Waals surface area contributed by atoms with E-state index in [1.165, 1.54) is 0 Å². The Bertz CT molecular complexity index is 784. The van der Waals surface area contributed by atoms with E-state index in [-0.39, 0.29) is 5.91 Å². The topological polar surface area (TPSA) is 46.3 Å². The van der Waals surface area contributed by atoms with Gasteiger partial charge in [-0.2, -0.15) is 0 Å². The third kappa shape index (κ3) is 2.76. The van der Waals surface area contributed by atoms with Crippen molar-refractivity contribution >= 4 is 28.4 Å². The second-order valence-corrected chi connectivity index (χ2v) is 5.21. The molecule has 3 rings (SSSR count). The summed E-state index contributed by atoms with van der Waals surface area (Å²) in [5.74, 6) is -0.177. The van der Waals surface area contributed by atoms with Crippen LogP contribution in [-0.2, 0) is 6.54 Å². The summed E-state index contributed by atoms with van der Waals surface area (Å²) in [6, 6.07) is 10.9. The van der Waals surface area contributed by atoms with Gasteiger partial charge in [-0.25, -0.2) is 4.98 Å². The van der Waals surface area contributed by atoms with Gasteiger partial charge < -0.3 is 9.32 Å². The summed E-state index contributed by atoms with van der Waals surface area (Å²) < 4.78 is 5.00. The number of para-hydroxylation sites is 1. The SMILES string of the molecule is CN(Cc1ccoc1)C(=O)c1cc(Cl)c2ccccc2n1. The molecule has 2 aromatic heterocycles. The Morgan fingerprint density at radius 3 is 2.90 bits per heavy atom. The summed E-state index contributed by atoms with van der Waals surface area (Å²) >= 11 is 6.23. The van der Waals surface area contributed by atoms with Crippen LogP contribution in [0.4, 0.5) is 0 Å². The van der Waals surface area contributed by atoms with Crippen molar-refractivity contribution in [3.8, 4) is 0 Å². The molecule has 0 atom stereocenters. The second-order valence-electron chi connectivity index (χ2n) is 4.80. The van der Waals surface area contributed by atoms with Gasteiger partial charge in [0, 0.05) is 24.5 Å². The first kappa shape index (κ1) is 13.6. The number of nitrogens with zero attached hydrogens (tertiary/aromatic N) is 2. The summed E-state index contributed by atoms with van der Waals surface area (Å²) in [5.41, 5.74) is 1.98. The van der Waals surface area contributed by atoms with Crippen LogP contribution in [0.5, 0.6) is 0 Å². The number of carbonyl (C=O) groups excluding carboxylic acids is 1.